The van der Waals surface area contributed by atoms with Gasteiger partial charge in [-0.3, -0.25) is 4.90 Å². The number of likely N-dealkylation sites (N-methyl/N-ethyl adjacent to an activating group) is 1. The molecular weight excluding hydrogens is 224 g/mol. The predicted octanol–water partition coefficient (Wildman–Crippen LogP) is 0.0412. The van der Waals surface area contributed by atoms with Gasteiger partial charge in [-0.15, -0.1) is 0 Å². The van der Waals surface area contributed by atoms with E-state index in [9.17, 15) is 0 Å². The van der Waals surface area contributed by atoms with Crippen LogP contribution >= 0.6 is 0 Å². The maximum absolute atomic E-state index is 5.43. The Morgan fingerprint density at radius 3 is 1.69 bits per heavy atom. The molecule has 0 radical (unpaired) electrons. The zero-order valence-electron chi connectivity index (χ0n) is 10.9. The van der Waals surface area contributed by atoms with Gasteiger partial charge in [0.1, 0.15) is 0 Å². The second-order valence-electron chi connectivity index (χ2n) is 4.01. The van der Waals surface area contributed by atoms with Crippen LogP contribution in [0.4, 0.5) is 0 Å². The van der Waals surface area contributed by atoms with E-state index < -0.39 is 8.80 Å². The van der Waals surface area contributed by atoms with Crippen LogP contribution in [0.25, 0.3) is 0 Å². The minimum absolute atomic E-state index is 0.786. The number of hydrogen-bond acceptors (Lipinski definition) is 5. The van der Waals surface area contributed by atoms with Crippen molar-refractivity contribution in [3.8, 4) is 0 Å². The molecule has 0 N–H and O–H groups in total. The molecule has 0 unspecified atom stereocenters. The summed E-state index contributed by atoms with van der Waals surface area (Å²) < 4.78 is 16.3. The Bertz CT molecular complexity index is 186. The molecular formula is C10H24N2O3Si. The summed E-state index contributed by atoms with van der Waals surface area (Å²) in [6.45, 7) is 7.72. The van der Waals surface area contributed by atoms with Gasteiger partial charge < -0.3 is 18.2 Å². The van der Waals surface area contributed by atoms with E-state index in [0.29, 0.717) is 0 Å². The molecule has 0 aromatic carbocycles. The van der Waals surface area contributed by atoms with Gasteiger partial charge in [-0.05, 0) is 6.54 Å². The zero-order chi connectivity index (χ0) is 12.0. The first-order valence-electron chi connectivity index (χ1n) is 5.80. The van der Waals surface area contributed by atoms with Crippen LogP contribution in [0.3, 0.4) is 0 Å². The maximum atomic E-state index is 5.43. The first kappa shape index (κ1) is 14.1. The molecule has 1 heterocycles. The van der Waals surface area contributed by atoms with Gasteiger partial charge in [-0.2, -0.15) is 0 Å². The predicted molar refractivity (Wildman–Crippen MR) is 65.3 cm³/mol. The van der Waals surface area contributed by atoms with Crippen molar-refractivity contribution in [3.05, 3.63) is 0 Å². The molecule has 1 aliphatic rings. The van der Waals surface area contributed by atoms with Crippen molar-refractivity contribution in [3.63, 3.8) is 0 Å². The van der Waals surface area contributed by atoms with Gasteiger partial charge in [0.15, 0.2) is 0 Å². The number of hydrogen-bond donors (Lipinski definition) is 0. The fourth-order valence-corrected chi connectivity index (χ4v) is 3.73. The normalized spacial score (nSPS) is 20.2. The molecule has 0 aromatic rings. The zero-order valence-corrected chi connectivity index (χ0v) is 11.9. The molecule has 96 valence electrons. The van der Waals surface area contributed by atoms with Gasteiger partial charge in [-0.25, -0.2) is 0 Å². The molecule has 5 nitrogen and oxygen atoms in total. The first-order chi connectivity index (χ1) is 7.69. The SMILES string of the molecule is CCN1CCN(C[Si](OC)(OC)OC)CC1. The van der Waals surface area contributed by atoms with Gasteiger partial charge in [-0.1, -0.05) is 6.92 Å². The molecule has 0 aliphatic carbocycles. The molecule has 1 fully saturated rings. The average molecular weight is 248 g/mol. The fraction of sp³-hybridized carbons (Fsp3) is 1.00. The third-order valence-electron chi connectivity index (χ3n) is 3.26. The van der Waals surface area contributed by atoms with E-state index in [0.717, 1.165) is 38.9 Å². The van der Waals surface area contributed by atoms with E-state index in [1.165, 1.54) is 0 Å². The van der Waals surface area contributed by atoms with E-state index in [1.807, 2.05) is 0 Å². The summed E-state index contributed by atoms with van der Waals surface area (Å²) in [7, 11) is 2.57. The smallest absolute Gasteiger partial charge is 0.376 e. The lowest BCUT2D eigenvalue weighted by molar-refractivity contribution is 0.0839. The largest absolute Gasteiger partial charge is 0.514 e. The second-order valence-corrected chi connectivity index (χ2v) is 6.91. The summed E-state index contributed by atoms with van der Waals surface area (Å²) >= 11 is 0. The summed E-state index contributed by atoms with van der Waals surface area (Å²) in [4.78, 5) is 4.82. The highest BCUT2D eigenvalue weighted by Gasteiger charge is 2.40. The van der Waals surface area contributed by atoms with Crippen molar-refractivity contribution in [2.45, 2.75) is 6.92 Å². The molecule has 0 amide bonds. The lowest BCUT2D eigenvalue weighted by Crippen LogP contribution is -2.57. The van der Waals surface area contributed by atoms with Crippen molar-refractivity contribution in [1.29, 1.82) is 0 Å². The summed E-state index contributed by atoms with van der Waals surface area (Å²) in [5.74, 6) is 0. The van der Waals surface area contributed by atoms with Crippen LogP contribution < -0.4 is 0 Å². The van der Waals surface area contributed by atoms with E-state index in [-0.39, 0.29) is 0 Å². The van der Waals surface area contributed by atoms with E-state index in [4.69, 9.17) is 13.3 Å². The molecule has 16 heavy (non-hydrogen) atoms. The summed E-state index contributed by atoms with van der Waals surface area (Å²) in [6, 6.07) is 0. The average Bonchev–Trinajstić information content (AvgIpc) is 2.37. The third kappa shape index (κ3) is 3.51. The van der Waals surface area contributed by atoms with Crippen LogP contribution in [0.15, 0.2) is 0 Å². The third-order valence-corrected chi connectivity index (χ3v) is 5.96. The highest BCUT2D eigenvalue weighted by molar-refractivity contribution is 6.60. The Morgan fingerprint density at radius 1 is 0.875 bits per heavy atom. The van der Waals surface area contributed by atoms with Crippen LogP contribution in [0, 0.1) is 0 Å². The van der Waals surface area contributed by atoms with Crippen LogP contribution in [-0.2, 0) is 13.3 Å². The standard InChI is InChI=1S/C10H24N2O3Si/c1-5-11-6-8-12(9-7-11)10-16(13-2,14-3)15-4/h5-10H2,1-4H3. The summed E-state index contributed by atoms with van der Waals surface area (Å²) in [6.07, 6.45) is 0.786. The van der Waals surface area contributed by atoms with Gasteiger partial charge in [0, 0.05) is 47.5 Å². The van der Waals surface area contributed by atoms with Gasteiger partial charge in [0.05, 0.1) is 6.17 Å². The van der Waals surface area contributed by atoms with Crippen molar-refractivity contribution in [1.82, 2.24) is 9.80 Å². The van der Waals surface area contributed by atoms with Gasteiger partial charge in [0.2, 0.25) is 0 Å². The molecule has 0 spiro atoms. The summed E-state index contributed by atoms with van der Waals surface area (Å²) in [5.41, 5.74) is 0. The van der Waals surface area contributed by atoms with Crippen molar-refractivity contribution >= 4 is 8.80 Å². The molecule has 1 rings (SSSR count). The van der Waals surface area contributed by atoms with E-state index in [1.54, 1.807) is 21.3 Å². The second kappa shape index (κ2) is 6.68. The molecule has 0 bridgehead atoms. The Morgan fingerprint density at radius 2 is 1.31 bits per heavy atom. The Hall–Kier alpha value is 0.0169. The molecule has 0 aromatic heterocycles. The first-order valence-corrected chi connectivity index (χ1v) is 7.73. The van der Waals surface area contributed by atoms with Crippen molar-refractivity contribution in [2.75, 3.05) is 60.2 Å². The molecule has 0 atom stereocenters. The Labute approximate surface area is 99.6 Å². The van der Waals surface area contributed by atoms with Crippen molar-refractivity contribution in [2.24, 2.45) is 0 Å². The fourth-order valence-electron chi connectivity index (χ4n) is 1.98. The van der Waals surface area contributed by atoms with Crippen LogP contribution in [0.2, 0.25) is 0 Å². The quantitative estimate of drug-likeness (QED) is 0.620. The summed E-state index contributed by atoms with van der Waals surface area (Å²) in [5, 5.41) is 0. The Balaban J connectivity index is 2.42. The van der Waals surface area contributed by atoms with E-state index >= 15 is 0 Å². The molecule has 6 heteroatoms. The van der Waals surface area contributed by atoms with Gasteiger partial charge >= 0.3 is 8.80 Å². The number of nitrogens with zero attached hydrogens (tertiary/aromatic N) is 2. The lowest BCUT2D eigenvalue weighted by Gasteiger charge is -2.37. The minimum atomic E-state index is -2.43. The number of piperazine rings is 1. The highest BCUT2D eigenvalue weighted by Crippen LogP contribution is 2.10. The highest BCUT2D eigenvalue weighted by atomic mass is 28.4. The maximum Gasteiger partial charge on any atom is 0.514 e. The van der Waals surface area contributed by atoms with Gasteiger partial charge in [0.25, 0.3) is 0 Å². The molecule has 0 saturated carbocycles. The monoisotopic (exact) mass is 248 g/mol. The minimum Gasteiger partial charge on any atom is -0.376 e. The topological polar surface area (TPSA) is 34.2 Å². The van der Waals surface area contributed by atoms with Crippen LogP contribution in [0.5, 0.6) is 0 Å². The molecule has 1 saturated heterocycles. The Kier molecular flexibility index (Phi) is 5.88. The van der Waals surface area contributed by atoms with Crippen molar-refractivity contribution < 1.29 is 13.3 Å². The van der Waals surface area contributed by atoms with Crippen LogP contribution in [-0.4, -0.2) is 78.8 Å². The van der Waals surface area contributed by atoms with Crippen LogP contribution in [0.1, 0.15) is 6.92 Å². The lowest BCUT2D eigenvalue weighted by atomic mass is 10.3. The molecule has 1 aliphatic heterocycles. The number of rotatable bonds is 6. The van der Waals surface area contributed by atoms with E-state index in [2.05, 4.69) is 16.7 Å².